The molecule has 0 radical (unpaired) electrons. The highest BCUT2D eigenvalue weighted by Crippen LogP contribution is 2.16. The van der Waals surface area contributed by atoms with E-state index in [1.807, 2.05) is 0 Å². The molecule has 0 unspecified atom stereocenters. The molecule has 0 aliphatic rings. The predicted molar refractivity (Wildman–Crippen MR) is 73.1 cm³/mol. The van der Waals surface area contributed by atoms with Crippen LogP contribution >= 0.6 is 0 Å². The normalized spacial score (nSPS) is 11.0. The smallest absolute Gasteiger partial charge is 0.280 e. The summed E-state index contributed by atoms with van der Waals surface area (Å²) in [5.41, 5.74) is 1.02. The van der Waals surface area contributed by atoms with Gasteiger partial charge in [0.2, 0.25) is 0 Å². The van der Waals surface area contributed by atoms with Gasteiger partial charge in [-0.3, -0.25) is 4.72 Å². The second kappa shape index (κ2) is 4.78. The van der Waals surface area contributed by atoms with Crippen LogP contribution < -0.4 is 4.72 Å². The first-order chi connectivity index (χ1) is 8.92. The number of aryl methyl sites for hydroxylation is 2. The molecule has 0 saturated carbocycles. The van der Waals surface area contributed by atoms with Gasteiger partial charge in [0.05, 0.1) is 5.69 Å². The fourth-order valence-corrected chi connectivity index (χ4v) is 2.63. The van der Waals surface area contributed by atoms with Gasteiger partial charge in [0, 0.05) is 18.8 Å². The van der Waals surface area contributed by atoms with Crippen molar-refractivity contribution in [2.24, 2.45) is 7.05 Å². The van der Waals surface area contributed by atoms with Crippen LogP contribution in [0, 0.1) is 19.3 Å². The van der Waals surface area contributed by atoms with Crippen molar-refractivity contribution >= 4 is 15.7 Å². The van der Waals surface area contributed by atoms with Gasteiger partial charge in [0.1, 0.15) is 5.82 Å². The van der Waals surface area contributed by atoms with Crippen LogP contribution in [0.3, 0.4) is 0 Å². The van der Waals surface area contributed by atoms with Crippen molar-refractivity contribution in [3.05, 3.63) is 41.9 Å². The summed E-state index contributed by atoms with van der Waals surface area (Å²) in [4.78, 5) is 3.99. The predicted octanol–water partition coefficient (Wildman–Crippen LogP) is 1.51. The van der Waals surface area contributed by atoms with Gasteiger partial charge in [-0.25, -0.2) is 4.98 Å². The molecule has 0 amide bonds. The monoisotopic (exact) mass is 275 g/mol. The molecule has 0 aliphatic carbocycles. The lowest BCUT2D eigenvalue weighted by Gasteiger charge is -2.05. The first-order valence-electron chi connectivity index (χ1n) is 5.52. The minimum Gasteiger partial charge on any atom is -0.337 e. The minimum atomic E-state index is -3.69. The second-order valence-electron chi connectivity index (χ2n) is 4.07. The fourth-order valence-electron chi connectivity index (χ4n) is 1.54. The summed E-state index contributed by atoms with van der Waals surface area (Å²) in [6.07, 6.45) is 6.73. The van der Waals surface area contributed by atoms with Gasteiger partial charge in [-0.1, -0.05) is 12.0 Å². The zero-order valence-corrected chi connectivity index (χ0v) is 11.4. The van der Waals surface area contributed by atoms with E-state index >= 15 is 0 Å². The summed E-state index contributed by atoms with van der Waals surface area (Å²) in [6.45, 7) is 1.73. The molecule has 2 aromatic rings. The number of benzene rings is 1. The maximum Gasteiger partial charge on any atom is 0.280 e. The second-order valence-corrected chi connectivity index (χ2v) is 5.70. The maximum absolute atomic E-state index is 12.1. The van der Waals surface area contributed by atoms with Crippen LogP contribution in [-0.4, -0.2) is 18.0 Å². The molecule has 1 aromatic heterocycles. The van der Waals surface area contributed by atoms with Crippen LogP contribution in [0.1, 0.15) is 11.4 Å². The van der Waals surface area contributed by atoms with E-state index in [1.54, 1.807) is 42.8 Å². The van der Waals surface area contributed by atoms with Gasteiger partial charge in [-0.15, -0.1) is 6.42 Å². The van der Waals surface area contributed by atoms with Crippen molar-refractivity contribution in [1.82, 2.24) is 9.55 Å². The van der Waals surface area contributed by atoms with E-state index in [-0.39, 0.29) is 5.03 Å². The third kappa shape index (κ3) is 2.77. The molecule has 0 saturated heterocycles. The van der Waals surface area contributed by atoms with Gasteiger partial charge >= 0.3 is 0 Å². The summed E-state index contributed by atoms with van der Waals surface area (Å²) in [7, 11) is -1.95. The van der Waals surface area contributed by atoms with Crippen molar-refractivity contribution in [2.45, 2.75) is 11.9 Å². The molecule has 0 atom stereocenters. The molecule has 6 heteroatoms. The molecule has 0 fully saturated rings. The highest BCUT2D eigenvalue weighted by Gasteiger charge is 2.18. The number of hydrogen-bond donors (Lipinski definition) is 1. The molecular weight excluding hydrogens is 262 g/mol. The van der Waals surface area contributed by atoms with E-state index in [0.717, 1.165) is 0 Å². The Bertz CT molecular complexity index is 735. The Hall–Kier alpha value is -2.26. The number of nitrogens with zero attached hydrogens (tertiary/aromatic N) is 2. The highest BCUT2D eigenvalue weighted by atomic mass is 32.2. The quantitative estimate of drug-likeness (QED) is 0.864. The van der Waals surface area contributed by atoms with Crippen LogP contribution in [0.15, 0.2) is 35.5 Å². The molecule has 0 spiro atoms. The van der Waals surface area contributed by atoms with Gasteiger partial charge in [-0.2, -0.15) is 8.42 Å². The summed E-state index contributed by atoms with van der Waals surface area (Å²) in [5, 5.41) is -0.0152. The van der Waals surface area contributed by atoms with E-state index in [4.69, 9.17) is 6.42 Å². The Morgan fingerprint density at radius 3 is 2.74 bits per heavy atom. The van der Waals surface area contributed by atoms with Crippen molar-refractivity contribution in [2.75, 3.05) is 4.72 Å². The third-order valence-electron chi connectivity index (χ3n) is 2.64. The third-order valence-corrected chi connectivity index (χ3v) is 3.90. The van der Waals surface area contributed by atoms with Crippen LogP contribution in [0.4, 0.5) is 5.69 Å². The first kappa shape index (κ1) is 13.2. The molecule has 19 heavy (non-hydrogen) atoms. The van der Waals surface area contributed by atoms with E-state index in [9.17, 15) is 8.42 Å². The molecule has 1 N–H and O–H groups in total. The zero-order valence-electron chi connectivity index (χ0n) is 10.6. The Morgan fingerprint density at radius 2 is 2.16 bits per heavy atom. The van der Waals surface area contributed by atoms with Crippen LogP contribution in [0.5, 0.6) is 0 Å². The molecule has 0 bridgehead atoms. The average molecular weight is 275 g/mol. The number of rotatable bonds is 3. The Labute approximate surface area is 112 Å². The molecule has 2 rings (SSSR count). The van der Waals surface area contributed by atoms with Crippen LogP contribution in [0.2, 0.25) is 0 Å². The van der Waals surface area contributed by atoms with E-state index in [0.29, 0.717) is 17.1 Å². The van der Waals surface area contributed by atoms with Crippen molar-refractivity contribution < 1.29 is 8.42 Å². The summed E-state index contributed by atoms with van der Waals surface area (Å²) >= 11 is 0. The standard InChI is InChI=1S/C13H13N3O2S/c1-4-11-6-5-7-12(8-11)15-19(17,18)13-9-16(3)10(2)14-13/h1,5-9,15H,2-3H3. The largest absolute Gasteiger partial charge is 0.337 e. The SMILES string of the molecule is C#Cc1cccc(NS(=O)(=O)c2cn(C)c(C)n2)c1. The van der Waals surface area contributed by atoms with Crippen molar-refractivity contribution in [3.8, 4) is 12.3 Å². The van der Waals surface area contributed by atoms with Gasteiger partial charge in [0.25, 0.3) is 10.0 Å². The molecule has 1 heterocycles. The Morgan fingerprint density at radius 1 is 1.42 bits per heavy atom. The molecular formula is C13H13N3O2S. The summed E-state index contributed by atoms with van der Waals surface area (Å²) in [5.74, 6) is 3.07. The van der Waals surface area contributed by atoms with Crippen LogP contribution in [0.25, 0.3) is 0 Å². The number of hydrogen-bond acceptors (Lipinski definition) is 3. The van der Waals surface area contributed by atoms with Gasteiger partial charge < -0.3 is 4.57 Å². The minimum absolute atomic E-state index is 0.0152. The Kier molecular flexibility index (Phi) is 3.32. The number of anilines is 1. The molecule has 1 aromatic carbocycles. The average Bonchev–Trinajstić information content (AvgIpc) is 2.70. The maximum atomic E-state index is 12.1. The molecule has 5 nitrogen and oxygen atoms in total. The molecule has 98 valence electrons. The number of nitrogens with one attached hydrogen (secondary N) is 1. The summed E-state index contributed by atoms with van der Waals surface area (Å²) in [6, 6.07) is 6.64. The lowest BCUT2D eigenvalue weighted by molar-refractivity contribution is 0.598. The first-order valence-corrected chi connectivity index (χ1v) is 7.00. The number of imidazole rings is 1. The van der Waals surface area contributed by atoms with Crippen LogP contribution in [-0.2, 0) is 17.1 Å². The summed E-state index contributed by atoms with van der Waals surface area (Å²) < 4.78 is 28.4. The number of terminal acetylenes is 1. The van der Waals surface area contributed by atoms with Crippen molar-refractivity contribution in [1.29, 1.82) is 0 Å². The van der Waals surface area contributed by atoms with E-state index in [1.165, 1.54) is 6.20 Å². The van der Waals surface area contributed by atoms with Gasteiger partial charge in [-0.05, 0) is 25.1 Å². The van der Waals surface area contributed by atoms with E-state index < -0.39 is 10.0 Å². The Balaban J connectivity index is 2.34. The lowest BCUT2D eigenvalue weighted by atomic mass is 10.2. The fraction of sp³-hybridized carbons (Fsp3) is 0.154. The topological polar surface area (TPSA) is 64.0 Å². The van der Waals surface area contributed by atoms with Crippen molar-refractivity contribution in [3.63, 3.8) is 0 Å². The zero-order chi connectivity index (χ0) is 14.0. The highest BCUT2D eigenvalue weighted by molar-refractivity contribution is 7.92. The van der Waals surface area contributed by atoms with Gasteiger partial charge in [0.15, 0.2) is 5.03 Å². The number of aromatic nitrogens is 2. The van der Waals surface area contributed by atoms with E-state index in [2.05, 4.69) is 15.6 Å². The number of sulfonamides is 1. The lowest BCUT2D eigenvalue weighted by Crippen LogP contribution is -2.13. The molecule has 0 aliphatic heterocycles.